The molecule has 0 bridgehead atoms. The number of hydrogen-bond donors (Lipinski definition) is 2. The fourth-order valence-corrected chi connectivity index (χ4v) is 2.19. The number of nitrogens with one attached hydrogen (secondary N) is 2. The van der Waals surface area contributed by atoms with Gasteiger partial charge in [0.1, 0.15) is 5.82 Å². The molecule has 0 saturated heterocycles. The van der Waals surface area contributed by atoms with E-state index < -0.39 is 0 Å². The van der Waals surface area contributed by atoms with E-state index in [1.807, 2.05) is 0 Å². The van der Waals surface area contributed by atoms with E-state index in [0.717, 1.165) is 0 Å². The fourth-order valence-electron chi connectivity index (χ4n) is 2.02. The molecule has 7 heteroatoms. The minimum Gasteiger partial charge on any atom is -0.493 e. The molecule has 2 aromatic carbocycles. The van der Waals surface area contributed by atoms with Crippen LogP contribution in [0.25, 0.3) is 0 Å². The number of thiocarbonyl (C=S) groups is 1. The zero-order valence-electron chi connectivity index (χ0n) is 13.6. The minimum atomic E-state index is -0.334. The minimum absolute atomic E-state index is 0.276. The molecule has 2 aromatic rings. The Morgan fingerprint density at radius 3 is 2.46 bits per heavy atom. The van der Waals surface area contributed by atoms with E-state index in [1.165, 1.54) is 6.07 Å². The largest absolute Gasteiger partial charge is 0.493 e. The van der Waals surface area contributed by atoms with Crippen LogP contribution in [0.3, 0.4) is 0 Å². The summed E-state index contributed by atoms with van der Waals surface area (Å²) < 4.78 is 24.1. The van der Waals surface area contributed by atoms with Crippen molar-refractivity contribution >= 4 is 28.7 Å². The van der Waals surface area contributed by atoms with Gasteiger partial charge in [0.15, 0.2) is 16.6 Å². The summed E-state index contributed by atoms with van der Waals surface area (Å²) in [6.07, 6.45) is 0. The normalized spacial score (nSPS) is 10.9. The summed E-state index contributed by atoms with van der Waals surface area (Å²) in [4.78, 5) is 0. The maximum atomic E-state index is 13.7. The van der Waals surface area contributed by atoms with Gasteiger partial charge in [-0.3, -0.25) is 5.43 Å². The van der Waals surface area contributed by atoms with E-state index in [-0.39, 0.29) is 10.9 Å². The number of nitrogens with zero attached hydrogens (tertiary/aromatic N) is 1. The van der Waals surface area contributed by atoms with Crippen LogP contribution >= 0.6 is 12.2 Å². The number of rotatable bonds is 5. The molecular weight excluding hydrogens is 329 g/mol. The summed E-state index contributed by atoms with van der Waals surface area (Å²) in [6.45, 7) is 1.70. The molecule has 0 fully saturated rings. The van der Waals surface area contributed by atoms with Crippen LogP contribution in [0.15, 0.2) is 47.6 Å². The first-order chi connectivity index (χ1) is 11.5. The molecule has 126 valence electrons. The highest BCUT2D eigenvalue weighted by atomic mass is 32.1. The molecule has 0 unspecified atom stereocenters. The SMILES string of the molecule is COc1ccc(NC(=S)N/N=C(/C)c2ccccc2F)cc1OC. The molecule has 2 N–H and O–H groups in total. The van der Waals surface area contributed by atoms with Gasteiger partial charge in [0.05, 0.1) is 19.9 Å². The van der Waals surface area contributed by atoms with Crippen molar-refractivity contribution in [1.29, 1.82) is 0 Å². The second-order valence-electron chi connectivity index (χ2n) is 4.81. The standard InChI is InChI=1S/C17H18FN3O2S/c1-11(13-6-4-5-7-14(13)18)20-21-17(24)19-12-8-9-15(22-2)16(10-12)23-3/h4-10H,1-3H3,(H2,19,21,24)/b20-11-. The lowest BCUT2D eigenvalue weighted by Crippen LogP contribution is -2.25. The van der Waals surface area contributed by atoms with Crippen LogP contribution < -0.4 is 20.2 Å². The third-order valence-corrected chi connectivity index (χ3v) is 3.42. The molecule has 0 amide bonds. The third kappa shape index (κ3) is 4.42. The molecule has 24 heavy (non-hydrogen) atoms. The van der Waals surface area contributed by atoms with Crippen molar-refractivity contribution in [3.8, 4) is 11.5 Å². The topological polar surface area (TPSA) is 54.9 Å². The molecule has 0 aliphatic heterocycles. The summed E-state index contributed by atoms with van der Waals surface area (Å²) in [7, 11) is 3.12. The van der Waals surface area contributed by atoms with Gasteiger partial charge in [0, 0.05) is 17.3 Å². The van der Waals surface area contributed by atoms with E-state index in [0.29, 0.717) is 28.5 Å². The lowest BCUT2D eigenvalue weighted by atomic mass is 10.1. The average Bonchev–Trinajstić information content (AvgIpc) is 2.60. The zero-order chi connectivity index (χ0) is 17.5. The van der Waals surface area contributed by atoms with E-state index in [9.17, 15) is 4.39 Å². The van der Waals surface area contributed by atoms with Crippen LogP contribution in [-0.2, 0) is 0 Å². The summed E-state index contributed by atoms with van der Waals surface area (Å²) >= 11 is 5.18. The van der Waals surface area contributed by atoms with Crippen molar-refractivity contribution in [2.75, 3.05) is 19.5 Å². The van der Waals surface area contributed by atoms with Gasteiger partial charge in [-0.2, -0.15) is 5.10 Å². The van der Waals surface area contributed by atoms with Crippen molar-refractivity contribution in [1.82, 2.24) is 5.43 Å². The third-order valence-electron chi connectivity index (χ3n) is 3.23. The number of ether oxygens (including phenoxy) is 2. The molecule has 5 nitrogen and oxygen atoms in total. The fraction of sp³-hybridized carbons (Fsp3) is 0.176. The van der Waals surface area contributed by atoms with Gasteiger partial charge in [-0.05, 0) is 37.3 Å². The quantitative estimate of drug-likeness (QED) is 0.492. The van der Waals surface area contributed by atoms with Gasteiger partial charge < -0.3 is 14.8 Å². The van der Waals surface area contributed by atoms with Crippen LogP contribution in [0.4, 0.5) is 10.1 Å². The van der Waals surface area contributed by atoms with Gasteiger partial charge in [-0.15, -0.1) is 0 Å². The first-order valence-electron chi connectivity index (χ1n) is 7.13. The monoisotopic (exact) mass is 347 g/mol. The van der Waals surface area contributed by atoms with Gasteiger partial charge in [0.2, 0.25) is 0 Å². The number of hydrazone groups is 1. The Kier molecular flexibility index (Phi) is 6.08. The van der Waals surface area contributed by atoms with Gasteiger partial charge in [0.25, 0.3) is 0 Å². The van der Waals surface area contributed by atoms with Crippen molar-refractivity contribution in [2.24, 2.45) is 5.10 Å². The lowest BCUT2D eigenvalue weighted by Gasteiger charge is -2.12. The number of halogens is 1. The molecule has 0 aliphatic rings. The maximum Gasteiger partial charge on any atom is 0.191 e. The first kappa shape index (κ1) is 17.7. The molecule has 2 rings (SSSR count). The predicted octanol–water partition coefficient (Wildman–Crippen LogP) is 3.55. The average molecular weight is 347 g/mol. The smallest absolute Gasteiger partial charge is 0.191 e. The number of benzene rings is 2. The van der Waals surface area contributed by atoms with Gasteiger partial charge in [-0.1, -0.05) is 18.2 Å². The number of hydrogen-bond acceptors (Lipinski definition) is 4. The van der Waals surface area contributed by atoms with Crippen LogP contribution in [-0.4, -0.2) is 25.0 Å². The van der Waals surface area contributed by atoms with Crippen molar-refractivity contribution in [2.45, 2.75) is 6.92 Å². The predicted molar refractivity (Wildman–Crippen MR) is 97.5 cm³/mol. The van der Waals surface area contributed by atoms with Crippen molar-refractivity contribution < 1.29 is 13.9 Å². The van der Waals surface area contributed by atoms with Crippen LogP contribution in [0.2, 0.25) is 0 Å². The highest BCUT2D eigenvalue weighted by molar-refractivity contribution is 7.80. The highest BCUT2D eigenvalue weighted by Crippen LogP contribution is 2.29. The second-order valence-corrected chi connectivity index (χ2v) is 5.22. The van der Waals surface area contributed by atoms with Gasteiger partial charge >= 0.3 is 0 Å². The summed E-state index contributed by atoms with van der Waals surface area (Å²) in [6, 6.07) is 11.7. The second kappa shape index (κ2) is 8.26. The number of anilines is 1. The summed E-state index contributed by atoms with van der Waals surface area (Å²) in [5.74, 6) is 0.867. The van der Waals surface area contributed by atoms with E-state index in [2.05, 4.69) is 15.8 Å². The van der Waals surface area contributed by atoms with Crippen LogP contribution in [0.5, 0.6) is 11.5 Å². The summed E-state index contributed by atoms with van der Waals surface area (Å²) in [5.41, 5.74) is 4.31. The first-order valence-corrected chi connectivity index (χ1v) is 7.54. The Bertz CT molecular complexity index is 765. The molecular formula is C17H18FN3O2S. The molecule has 0 radical (unpaired) electrons. The Morgan fingerprint density at radius 2 is 1.79 bits per heavy atom. The highest BCUT2D eigenvalue weighted by Gasteiger charge is 2.06. The van der Waals surface area contributed by atoms with Crippen LogP contribution in [0, 0.1) is 5.82 Å². The lowest BCUT2D eigenvalue weighted by molar-refractivity contribution is 0.355. The maximum absolute atomic E-state index is 13.7. The molecule has 0 aliphatic carbocycles. The van der Waals surface area contributed by atoms with E-state index in [4.69, 9.17) is 21.7 Å². The number of methoxy groups -OCH3 is 2. The molecule has 0 aromatic heterocycles. The molecule has 0 atom stereocenters. The van der Waals surface area contributed by atoms with E-state index in [1.54, 1.807) is 57.5 Å². The van der Waals surface area contributed by atoms with Gasteiger partial charge in [-0.25, -0.2) is 4.39 Å². The Morgan fingerprint density at radius 1 is 1.08 bits per heavy atom. The van der Waals surface area contributed by atoms with Crippen molar-refractivity contribution in [3.05, 3.63) is 53.8 Å². The van der Waals surface area contributed by atoms with E-state index >= 15 is 0 Å². The Hall–Kier alpha value is -2.67. The summed E-state index contributed by atoms with van der Waals surface area (Å²) in [5, 5.41) is 7.34. The molecule has 0 saturated carbocycles. The Balaban J connectivity index is 2.03. The molecule has 0 heterocycles. The molecule has 0 spiro atoms. The van der Waals surface area contributed by atoms with Crippen LogP contribution in [0.1, 0.15) is 12.5 Å². The van der Waals surface area contributed by atoms with Crippen molar-refractivity contribution in [3.63, 3.8) is 0 Å². The Labute approximate surface area is 145 Å². The zero-order valence-corrected chi connectivity index (χ0v) is 14.4.